The van der Waals surface area contributed by atoms with Crippen molar-refractivity contribution in [3.8, 4) is 11.5 Å². The van der Waals surface area contributed by atoms with Crippen molar-refractivity contribution in [1.29, 1.82) is 0 Å². The minimum atomic E-state index is -0.486. The number of nitrogen functional groups attached to an aromatic ring is 1. The van der Waals surface area contributed by atoms with E-state index in [0.29, 0.717) is 28.4 Å². The number of hydrogen-bond donors (Lipinski definition) is 2. The lowest BCUT2D eigenvalue weighted by Crippen LogP contribution is -1.99. The maximum Gasteiger partial charge on any atom is 0.162 e. The molecule has 0 aliphatic heterocycles. The summed E-state index contributed by atoms with van der Waals surface area (Å²) < 4.78 is 23.4. The van der Waals surface area contributed by atoms with Crippen LogP contribution in [-0.2, 0) is 0 Å². The molecular formula is C15H15ClFN3O2. The Morgan fingerprint density at radius 3 is 2.50 bits per heavy atom. The highest BCUT2D eigenvalue weighted by Gasteiger charge is 2.07. The van der Waals surface area contributed by atoms with Crippen LogP contribution in [0.3, 0.4) is 0 Å². The molecule has 0 bridgehead atoms. The van der Waals surface area contributed by atoms with Crippen molar-refractivity contribution in [2.24, 2.45) is 5.10 Å². The average Bonchev–Trinajstić information content (AvgIpc) is 2.52. The molecule has 0 aliphatic carbocycles. The molecule has 0 unspecified atom stereocenters. The molecule has 0 radical (unpaired) electrons. The van der Waals surface area contributed by atoms with Crippen molar-refractivity contribution in [2.45, 2.75) is 0 Å². The quantitative estimate of drug-likeness (QED) is 0.502. The first-order valence-electron chi connectivity index (χ1n) is 6.30. The predicted molar refractivity (Wildman–Crippen MR) is 86.6 cm³/mol. The lowest BCUT2D eigenvalue weighted by Gasteiger charge is -2.10. The fraction of sp³-hybridized carbons (Fsp3) is 0.133. The zero-order chi connectivity index (χ0) is 16.1. The first-order chi connectivity index (χ1) is 10.5. The van der Waals surface area contributed by atoms with Crippen molar-refractivity contribution in [2.75, 3.05) is 25.4 Å². The van der Waals surface area contributed by atoms with Crippen LogP contribution in [0.4, 0.5) is 15.8 Å². The van der Waals surface area contributed by atoms with Crippen molar-refractivity contribution in [3.63, 3.8) is 0 Å². The number of ether oxygens (including phenoxy) is 2. The van der Waals surface area contributed by atoms with Gasteiger partial charge in [-0.05, 0) is 24.3 Å². The van der Waals surface area contributed by atoms with Crippen LogP contribution in [0.1, 0.15) is 5.56 Å². The first kappa shape index (κ1) is 15.9. The molecule has 0 spiro atoms. The van der Waals surface area contributed by atoms with Crippen molar-refractivity contribution in [3.05, 3.63) is 46.7 Å². The highest BCUT2D eigenvalue weighted by atomic mass is 35.5. The van der Waals surface area contributed by atoms with Gasteiger partial charge in [-0.1, -0.05) is 11.6 Å². The number of benzene rings is 2. The van der Waals surface area contributed by atoms with E-state index in [2.05, 4.69) is 10.5 Å². The Morgan fingerprint density at radius 2 is 1.86 bits per heavy atom. The van der Waals surface area contributed by atoms with Gasteiger partial charge in [0, 0.05) is 17.3 Å². The van der Waals surface area contributed by atoms with Crippen LogP contribution in [0.5, 0.6) is 11.5 Å². The molecule has 0 aliphatic rings. The van der Waals surface area contributed by atoms with Gasteiger partial charge in [-0.2, -0.15) is 5.10 Å². The van der Waals surface area contributed by atoms with E-state index in [-0.39, 0.29) is 5.02 Å². The first-order valence-corrected chi connectivity index (χ1v) is 6.68. The molecule has 22 heavy (non-hydrogen) atoms. The molecule has 0 amide bonds. The van der Waals surface area contributed by atoms with Gasteiger partial charge in [0.15, 0.2) is 11.5 Å². The fourth-order valence-corrected chi connectivity index (χ4v) is 1.94. The summed E-state index contributed by atoms with van der Waals surface area (Å²) in [5.41, 5.74) is 10.4. The summed E-state index contributed by atoms with van der Waals surface area (Å²) in [4.78, 5) is 0. The highest BCUT2D eigenvalue weighted by molar-refractivity contribution is 6.31. The SMILES string of the molecule is COc1cc(N)c(/C=N/Nc2ccc(F)c(Cl)c2)cc1OC. The van der Waals surface area contributed by atoms with Gasteiger partial charge in [0.25, 0.3) is 0 Å². The molecule has 0 heterocycles. The Labute approximate surface area is 132 Å². The zero-order valence-corrected chi connectivity index (χ0v) is 12.8. The lowest BCUT2D eigenvalue weighted by molar-refractivity contribution is 0.355. The number of anilines is 2. The number of nitrogens with one attached hydrogen (secondary N) is 1. The molecule has 5 nitrogen and oxygen atoms in total. The molecule has 2 aromatic carbocycles. The molecule has 0 saturated carbocycles. The molecule has 0 fully saturated rings. The predicted octanol–water partition coefficient (Wildman–Crippen LogP) is 3.52. The van der Waals surface area contributed by atoms with E-state index >= 15 is 0 Å². The molecule has 116 valence electrons. The molecule has 0 saturated heterocycles. The van der Waals surface area contributed by atoms with Crippen molar-refractivity contribution in [1.82, 2.24) is 0 Å². The molecule has 2 aromatic rings. The summed E-state index contributed by atoms with van der Waals surface area (Å²) in [6, 6.07) is 7.57. The third-order valence-electron chi connectivity index (χ3n) is 2.91. The number of halogens is 2. The monoisotopic (exact) mass is 323 g/mol. The van der Waals surface area contributed by atoms with E-state index in [9.17, 15) is 4.39 Å². The van der Waals surface area contributed by atoms with Gasteiger partial charge < -0.3 is 15.2 Å². The summed E-state index contributed by atoms with van der Waals surface area (Å²) >= 11 is 5.69. The summed E-state index contributed by atoms with van der Waals surface area (Å²) in [7, 11) is 3.07. The number of hydrogen-bond acceptors (Lipinski definition) is 5. The van der Waals surface area contributed by atoms with Crippen LogP contribution >= 0.6 is 11.6 Å². The minimum absolute atomic E-state index is 0.0193. The molecular weight excluding hydrogens is 309 g/mol. The second-order valence-corrected chi connectivity index (χ2v) is 4.74. The van der Waals surface area contributed by atoms with E-state index < -0.39 is 5.82 Å². The van der Waals surface area contributed by atoms with Crippen LogP contribution in [0.2, 0.25) is 5.02 Å². The van der Waals surface area contributed by atoms with E-state index in [1.807, 2.05) is 0 Å². The Morgan fingerprint density at radius 1 is 1.18 bits per heavy atom. The number of rotatable bonds is 5. The largest absolute Gasteiger partial charge is 0.493 e. The van der Waals surface area contributed by atoms with Gasteiger partial charge in [0.1, 0.15) is 5.82 Å². The molecule has 7 heteroatoms. The van der Waals surface area contributed by atoms with Crippen LogP contribution in [0.15, 0.2) is 35.4 Å². The van der Waals surface area contributed by atoms with E-state index in [1.54, 1.807) is 12.1 Å². The van der Waals surface area contributed by atoms with Crippen LogP contribution in [0, 0.1) is 5.82 Å². The van der Waals surface area contributed by atoms with E-state index in [0.717, 1.165) is 0 Å². The number of nitrogens with zero attached hydrogens (tertiary/aromatic N) is 1. The fourth-order valence-electron chi connectivity index (χ4n) is 1.76. The number of methoxy groups -OCH3 is 2. The number of hydrazone groups is 1. The smallest absolute Gasteiger partial charge is 0.162 e. The van der Waals surface area contributed by atoms with E-state index in [4.69, 9.17) is 26.8 Å². The summed E-state index contributed by atoms with van der Waals surface area (Å²) in [6.07, 6.45) is 1.52. The van der Waals surface area contributed by atoms with Crippen LogP contribution < -0.4 is 20.6 Å². The summed E-state index contributed by atoms with van der Waals surface area (Å²) in [5, 5.41) is 4.06. The maximum absolute atomic E-state index is 13.1. The summed E-state index contributed by atoms with van der Waals surface area (Å²) in [5.74, 6) is 0.596. The van der Waals surface area contributed by atoms with Gasteiger partial charge in [-0.25, -0.2) is 4.39 Å². The van der Waals surface area contributed by atoms with Gasteiger partial charge in [0.2, 0.25) is 0 Å². The average molecular weight is 324 g/mol. The lowest BCUT2D eigenvalue weighted by atomic mass is 10.1. The molecule has 0 aromatic heterocycles. The third-order valence-corrected chi connectivity index (χ3v) is 3.20. The standard InChI is InChI=1S/C15H15ClFN3O2/c1-21-14-5-9(13(18)7-15(14)22-2)8-19-20-10-3-4-12(17)11(16)6-10/h3-8,20H,18H2,1-2H3/b19-8+. The second kappa shape index (κ2) is 7.00. The second-order valence-electron chi connectivity index (χ2n) is 4.33. The molecule has 0 atom stereocenters. The number of nitrogens with two attached hydrogens (primary N) is 1. The van der Waals surface area contributed by atoms with E-state index in [1.165, 1.54) is 38.6 Å². The van der Waals surface area contributed by atoms with Crippen molar-refractivity contribution < 1.29 is 13.9 Å². The Bertz CT molecular complexity index is 707. The minimum Gasteiger partial charge on any atom is -0.493 e. The van der Waals surface area contributed by atoms with Gasteiger partial charge in [0.05, 0.1) is 31.1 Å². The Kier molecular flexibility index (Phi) is 5.06. The van der Waals surface area contributed by atoms with Gasteiger partial charge in [-0.3, -0.25) is 5.43 Å². The third kappa shape index (κ3) is 3.59. The van der Waals surface area contributed by atoms with Crippen molar-refractivity contribution >= 4 is 29.2 Å². The Balaban J connectivity index is 2.17. The molecule has 3 N–H and O–H groups in total. The highest BCUT2D eigenvalue weighted by Crippen LogP contribution is 2.31. The van der Waals surface area contributed by atoms with Gasteiger partial charge >= 0.3 is 0 Å². The summed E-state index contributed by atoms with van der Waals surface area (Å²) in [6.45, 7) is 0. The zero-order valence-electron chi connectivity index (χ0n) is 12.1. The maximum atomic E-state index is 13.1. The van der Waals surface area contributed by atoms with Gasteiger partial charge in [-0.15, -0.1) is 0 Å². The van der Waals surface area contributed by atoms with Crippen LogP contribution in [0.25, 0.3) is 0 Å². The normalized spacial score (nSPS) is 10.7. The topological polar surface area (TPSA) is 68.9 Å². The Hall–Kier alpha value is -2.47. The van der Waals surface area contributed by atoms with Crippen LogP contribution in [-0.4, -0.2) is 20.4 Å². The molecule has 2 rings (SSSR count).